The van der Waals surface area contributed by atoms with Gasteiger partial charge in [0.25, 0.3) is 0 Å². The van der Waals surface area contributed by atoms with Crippen LogP contribution in [0.4, 0.5) is 0 Å². The third kappa shape index (κ3) is 6.01. The van der Waals surface area contributed by atoms with Gasteiger partial charge in [0.2, 0.25) is 0 Å². The molecule has 1 rings (SSSR count). The summed E-state index contributed by atoms with van der Waals surface area (Å²) in [6.45, 7) is 3.45. The van der Waals surface area contributed by atoms with Crippen molar-refractivity contribution in [3.8, 4) is 5.75 Å². The number of hydrogen-bond donors (Lipinski definition) is 1. The van der Waals surface area contributed by atoms with Gasteiger partial charge in [-0.2, -0.15) is 5.10 Å². The SMILES string of the molecule is COCCOCCC(N)c1c(OC)cnn1CCN(C)C. The number of nitrogens with two attached hydrogens (primary N) is 1. The zero-order valence-corrected chi connectivity index (χ0v) is 13.5. The lowest BCUT2D eigenvalue weighted by molar-refractivity contribution is 0.0668. The Labute approximate surface area is 126 Å². The molecule has 7 nitrogen and oxygen atoms in total. The van der Waals surface area contributed by atoms with Gasteiger partial charge in [0.1, 0.15) is 0 Å². The molecular weight excluding hydrogens is 272 g/mol. The summed E-state index contributed by atoms with van der Waals surface area (Å²) >= 11 is 0. The summed E-state index contributed by atoms with van der Waals surface area (Å²) in [7, 11) is 7.36. The van der Waals surface area contributed by atoms with Crippen LogP contribution in [0.15, 0.2) is 6.20 Å². The molecule has 0 aliphatic carbocycles. The van der Waals surface area contributed by atoms with E-state index in [4.69, 9.17) is 19.9 Å². The largest absolute Gasteiger partial charge is 0.493 e. The molecule has 122 valence electrons. The van der Waals surface area contributed by atoms with Gasteiger partial charge in [0.15, 0.2) is 5.75 Å². The van der Waals surface area contributed by atoms with E-state index in [2.05, 4.69) is 10.00 Å². The van der Waals surface area contributed by atoms with Crippen molar-refractivity contribution in [2.24, 2.45) is 5.73 Å². The monoisotopic (exact) mass is 300 g/mol. The number of methoxy groups -OCH3 is 2. The van der Waals surface area contributed by atoms with Crippen LogP contribution in [0.2, 0.25) is 0 Å². The molecule has 0 saturated carbocycles. The Hall–Kier alpha value is -1.15. The summed E-state index contributed by atoms with van der Waals surface area (Å²) < 4.78 is 17.7. The molecule has 21 heavy (non-hydrogen) atoms. The second-order valence-corrected chi connectivity index (χ2v) is 5.12. The average Bonchev–Trinajstić information content (AvgIpc) is 2.87. The molecule has 1 atom stereocenters. The summed E-state index contributed by atoms with van der Waals surface area (Å²) in [5.74, 6) is 0.734. The minimum atomic E-state index is -0.160. The van der Waals surface area contributed by atoms with Crippen LogP contribution in [-0.4, -0.2) is 69.4 Å². The highest BCUT2D eigenvalue weighted by molar-refractivity contribution is 5.28. The number of nitrogens with zero attached hydrogens (tertiary/aromatic N) is 3. The number of hydrogen-bond acceptors (Lipinski definition) is 6. The maximum Gasteiger partial charge on any atom is 0.161 e. The first-order valence-electron chi connectivity index (χ1n) is 7.16. The Morgan fingerprint density at radius 3 is 2.67 bits per heavy atom. The van der Waals surface area contributed by atoms with Crippen LogP contribution in [0.25, 0.3) is 0 Å². The van der Waals surface area contributed by atoms with E-state index in [1.165, 1.54) is 0 Å². The van der Waals surface area contributed by atoms with Gasteiger partial charge >= 0.3 is 0 Å². The van der Waals surface area contributed by atoms with E-state index in [1.54, 1.807) is 20.4 Å². The first kappa shape index (κ1) is 17.9. The number of likely N-dealkylation sites (N-methyl/N-ethyl adjacent to an activating group) is 1. The van der Waals surface area contributed by atoms with Crippen molar-refractivity contribution in [3.05, 3.63) is 11.9 Å². The first-order valence-corrected chi connectivity index (χ1v) is 7.16. The van der Waals surface area contributed by atoms with Gasteiger partial charge in [-0.25, -0.2) is 0 Å². The fraction of sp³-hybridized carbons (Fsp3) is 0.786. The fourth-order valence-corrected chi connectivity index (χ4v) is 1.97. The molecule has 0 amide bonds. The third-order valence-electron chi connectivity index (χ3n) is 3.18. The number of rotatable bonds is 11. The van der Waals surface area contributed by atoms with Gasteiger partial charge < -0.3 is 24.8 Å². The van der Waals surface area contributed by atoms with E-state index in [1.807, 2.05) is 18.8 Å². The minimum Gasteiger partial charge on any atom is -0.493 e. The van der Waals surface area contributed by atoms with Crippen LogP contribution in [-0.2, 0) is 16.0 Å². The van der Waals surface area contributed by atoms with E-state index in [0.29, 0.717) is 26.2 Å². The van der Waals surface area contributed by atoms with Gasteiger partial charge in [-0.3, -0.25) is 4.68 Å². The van der Waals surface area contributed by atoms with E-state index in [9.17, 15) is 0 Å². The van der Waals surface area contributed by atoms with Crippen LogP contribution in [0, 0.1) is 0 Å². The zero-order chi connectivity index (χ0) is 15.7. The Bertz CT molecular complexity index is 396. The maximum absolute atomic E-state index is 6.27. The lowest BCUT2D eigenvalue weighted by Crippen LogP contribution is -2.24. The first-order chi connectivity index (χ1) is 10.1. The van der Waals surface area contributed by atoms with E-state index < -0.39 is 0 Å². The van der Waals surface area contributed by atoms with Crippen molar-refractivity contribution >= 4 is 0 Å². The van der Waals surface area contributed by atoms with Gasteiger partial charge in [0, 0.05) is 20.3 Å². The lowest BCUT2D eigenvalue weighted by Gasteiger charge is -2.17. The van der Waals surface area contributed by atoms with Gasteiger partial charge in [0.05, 0.1) is 44.8 Å². The van der Waals surface area contributed by atoms with Crippen LogP contribution in [0.1, 0.15) is 18.2 Å². The third-order valence-corrected chi connectivity index (χ3v) is 3.18. The zero-order valence-electron chi connectivity index (χ0n) is 13.5. The quantitative estimate of drug-likeness (QED) is 0.600. The van der Waals surface area contributed by atoms with Crippen LogP contribution in [0.5, 0.6) is 5.75 Å². The molecule has 0 saturated heterocycles. The van der Waals surface area contributed by atoms with Crippen LogP contribution >= 0.6 is 0 Å². The molecule has 0 aromatic carbocycles. The highest BCUT2D eigenvalue weighted by Crippen LogP contribution is 2.25. The standard InChI is InChI=1S/C14H28N4O3/c1-17(2)6-7-18-14(13(20-4)11-16-18)12(15)5-8-21-10-9-19-3/h11-12H,5-10,15H2,1-4H3. The topological polar surface area (TPSA) is 74.8 Å². The molecule has 1 unspecified atom stereocenters. The summed E-state index contributed by atoms with van der Waals surface area (Å²) in [5.41, 5.74) is 7.20. The molecule has 1 aromatic heterocycles. The van der Waals surface area contributed by atoms with Crippen molar-refractivity contribution < 1.29 is 14.2 Å². The molecule has 1 heterocycles. The van der Waals surface area contributed by atoms with Gasteiger partial charge in [-0.05, 0) is 20.5 Å². The van der Waals surface area contributed by atoms with Crippen molar-refractivity contribution in [1.29, 1.82) is 0 Å². The fourth-order valence-electron chi connectivity index (χ4n) is 1.97. The Morgan fingerprint density at radius 1 is 1.29 bits per heavy atom. The van der Waals surface area contributed by atoms with Gasteiger partial charge in [-0.15, -0.1) is 0 Å². The predicted octanol–water partition coefficient (Wildman–Crippen LogP) is 0.506. The van der Waals surface area contributed by atoms with E-state index in [0.717, 1.165) is 24.5 Å². The van der Waals surface area contributed by atoms with Crippen molar-refractivity contribution in [2.45, 2.75) is 19.0 Å². The van der Waals surface area contributed by atoms with Crippen LogP contribution in [0.3, 0.4) is 0 Å². The number of ether oxygens (including phenoxy) is 3. The second-order valence-electron chi connectivity index (χ2n) is 5.12. The Balaban J connectivity index is 2.58. The van der Waals surface area contributed by atoms with Crippen molar-refractivity contribution in [1.82, 2.24) is 14.7 Å². The highest BCUT2D eigenvalue weighted by Gasteiger charge is 2.18. The molecule has 0 bridgehead atoms. The molecule has 0 aliphatic rings. The highest BCUT2D eigenvalue weighted by atomic mass is 16.5. The summed E-state index contributed by atoms with van der Waals surface area (Å²) in [5, 5.41) is 4.36. The Kier molecular flexibility index (Phi) is 8.29. The number of aromatic nitrogens is 2. The molecule has 0 spiro atoms. The van der Waals surface area contributed by atoms with Crippen molar-refractivity contribution in [3.63, 3.8) is 0 Å². The van der Waals surface area contributed by atoms with Crippen molar-refractivity contribution in [2.75, 3.05) is 54.7 Å². The molecule has 0 fully saturated rings. The molecular formula is C14H28N4O3. The molecule has 7 heteroatoms. The van der Waals surface area contributed by atoms with E-state index >= 15 is 0 Å². The second kappa shape index (κ2) is 9.73. The maximum atomic E-state index is 6.27. The molecule has 0 aliphatic heterocycles. The smallest absolute Gasteiger partial charge is 0.161 e. The summed E-state index contributed by atoms with van der Waals surface area (Å²) in [6, 6.07) is -0.160. The van der Waals surface area contributed by atoms with E-state index in [-0.39, 0.29) is 6.04 Å². The Morgan fingerprint density at radius 2 is 2.05 bits per heavy atom. The summed E-state index contributed by atoms with van der Waals surface area (Å²) in [4.78, 5) is 2.11. The predicted molar refractivity (Wildman–Crippen MR) is 81.6 cm³/mol. The minimum absolute atomic E-state index is 0.160. The van der Waals surface area contributed by atoms with Crippen LogP contribution < -0.4 is 10.5 Å². The summed E-state index contributed by atoms with van der Waals surface area (Å²) in [6.07, 6.45) is 2.43. The normalized spacial score (nSPS) is 12.9. The van der Waals surface area contributed by atoms with Gasteiger partial charge in [-0.1, -0.05) is 0 Å². The molecule has 0 radical (unpaired) electrons. The molecule has 1 aromatic rings. The lowest BCUT2D eigenvalue weighted by atomic mass is 10.1. The average molecular weight is 300 g/mol. The molecule has 2 N–H and O–H groups in total.